The summed E-state index contributed by atoms with van der Waals surface area (Å²) in [5, 5.41) is 0. The Balaban J connectivity index is 2.76. The van der Waals surface area contributed by atoms with Crippen molar-refractivity contribution in [2.45, 2.75) is 20.8 Å². The number of ether oxygens (including phenoxy) is 1. The van der Waals surface area contributed by atoms with E-state index >= 15 is 0 Å². The predicted molar refractivity (Wildman–Crippen MR) is 52.6 cm³/mol. The summed E-state index contributed by atoms with van der Waals surface area (Å²) in [6, 6.07) is 0. The summed E-state index contributed by atoms with van der Waals surface area (Å²) in [4.78, 5) is 21.8. The number of esters is 1. The van der Waals surface area contributed by atoms with E-state index in [0.717, 1.165) is 6.29 Å². The maximum atomic E-state index is 11.3. The molecular formula is C11H16O3. The van der Waals surface area contributed by atoms with E-state index in [-0.39, 0.29) is 23.2 Å². The molecule has 0 aromatic rings. The molecule has 0 N–H and O–H groups in total. The maximum absolute atomic E-state index is 11.3. The van der Waals surface area contributed by atoms with Crippen LogP contribution in [0.25, 0.3) is 0 Å². The summed E-state index contributed by atoms with van der Waals surface area (Å²) in [6.45, 7) is 5.76. The summed E-state index contributed by atoms with van der Waals surface area (Å²) < 4.78 is 4.70. The Kier molecular flexibility index (Phi) is 2.79. The molecule has 0 spiro atoms. The van der Waals surface area contributed by atoms with Gasteiger partial charge < -0.3 is 4.74 Å². The fourth-order valence-electron chi connectivity index (χ4n) is 1.89. The van der Waals surface area contributed by atoms with E-state index in [0.29, 0.717) is 5.57 Å². The van der Waals surface area contributed by atoms with Crippen LogP contribution in [-0.2, 0) is 14.3 Å². The Labute approximate surface area is 84.1 Å². The van der Waals surface area contributed by atoms with E-state index in [1.54, 1.807) is 6.92 Å². The van der Waals surface area contributed by atoms with Crippen molar-refractivity contribution in [3.63, 3.8) is 0 Å². The van der Waals surface area contributed by atoms with Gasteiger partial charge in [-0.25, -0.2) is 0 Å². The van der Waals surface area contributed by atoms with Crippen LogP contribution in [0.1, 0.15) is 20.8 Å². The van der Waals surface area contributed by atoms with Gasteiger partial charge in [0.05, 0.1) is 13.0 Å². The van der Waals surface area contributed by atoms with Crippen LogP contribution in [0.4, 0.5) is 0 Å². The molecule has 0 bridgehead atoms. The highest BCUT2D eigenvalue weighted by atomic mass is 16.5. The molecule has 1 aliphatic carbocycles. The topological polar surface area (TPSA) is 43.4 Å². The first-order valence-corrected chi connectivity index (χ1v) is 4.66. The van der Waals surface area contributed by atoms with Crippen molar-refractivity contribution in [2.75, 3.05) is 7.11 Å². The lowest BCUT2D eigenvalue weighted by atomic mass is 10.1. The third-order valence-electron chi connectivity index (χ3n) is 2.99. The minimum absolute atomic E-state index is 0.0721. The molecule has 0 aromatic carbocycles. The van der Waals surface area contributed by atoms with Crippen molar-refractivity contribution in [3.8, 4) is 0 Å². The summed E-state index contributed by atoms with van der Waals surface area (Å²) in [5.41, 5.74) is 0.603. The van der Waals surface area contributed by atoms with Gasteiger partial charge in [0.1, 0.15) is 6.29 Å². The zero-order valence-electron chi connectivity index (χ0n) is 9.03. The molecular weight excluding hydrogens is 180 g/mol. The van der Waals surface area contributed by atoms with Crippen molar-refractivity contribution >= 4 is 12.3 Å². The Morgan fingerprint density at radius 1 is 1.43 bits per heavy atom. The highest BCUT2D eigenvalue weighted by Gasteiger charge is 2.61. The molecule has 0 heterocycles. The Morgan fingerprint density at radius 3 is 2.43 bits per heavy atom. The van der Waals surface area contributed by atoms with Gasteiger partial charge in [-0.3, -0.25) is 9.59 Å². The first-order valence-electron chi connectivity index (χ1n) is 4.66. The van der Waals surface area contributed by atoms with Crippen LogP contribution in [0.2, 0.25) is 0 Å². The van der Waals surface area contributed by atoms with Gasteiger partial charge in [-0.2, -0.15) is 0 Å². The molecule has 1 rings (SSSR count). The average Bonchev–Trinajstić information content (AvgIpc) is 2.67. The van der Waals surface area contributed by atoms with Crippen molar-refractivity contribution in [1.29, 1.82) is 0 Å². The number of aldehydes is 1. The lowest BCUT2D eigenvalue weighted by molar-refractivity contribution is -0.143. The second-order valence-corrected chi connectivity index (χ2v) is 4.38. The van der Waals surface area contributed by atoms with Crippen LogP contribution in [0.15, 0.2) is 11.6 Å². The van der Waals surface area contributed by atoms with Crippen LogP contribution in [-0.4, -0.2) is 19.4 Å². The van der Waals surface area contributed by atoms with E-state index < -0.39 is 0 Å². The molecule has 3 nitrogen and oxygen atoms in total. The number of hydrogen-bond acceptors (Lipinski definition) is 3. The fraction of sp³-hybridized carbons (Fsp3) is 0.636. The number of methoxy groups -OCH3 is 1. The molecule has 0 radical (unpaired) electrons. The number of carbonyl (C=O) groups excluding carboxylic acids is 2. The van der Waals surface area contributed by atoms with Crippen molar-refractivity contribution in [2.24, 2.45) is 17.3 Å². The van der Waals surface area contributed by atoms with Crippen LogP contribution in [0.5, 0.6) is 0 Å². The van der Waals surface area contributed by atoms with Crippen LogP contribution < -0.4 is 0 Å². The first kappa shape index (κ1) is 11.0. The molecule has 3 heteroatoms. The molecule has 0 unspecified atom stereocenters. The molecule has 2 atom stereocenters. The van der Waals surface area contributed by atoms with Gasteiger partial charge in [-0.15, -0.1) is 0 Å². The van der Waals surface area contributed by atoms with Crippen molar-refractivity contribution in [1.82, 2.24) is 0 Å². The van der Waals surface area contributed by atoms with Gasteiger partial charge in [0.2, 0.25) is 0 Å². The maximum Gasteiger partial charge on any atom is 0.309 e. The third kappa shape index (κ3) is 1.72. The fourth-order valence-corrected chi connectivity index (χ4v) is 1.89. The summed E-state index contributed by atoms with van der Waals surface area (Å²) in [5.74, 6) is -0.141. The molecule has 78 valence electrons. The van der Waals surface area contributed by atoms with Crippen LogP contribution in [0, 0.1) is 17.3 Å². The predicted octanol–water partition coefficient (Wildman–Crippen LogP) is 1.58. The molecule has 0 aromatic heterocycles. The van der Waals surface area contributed by atoms with Crippen LogP contribution >= 0.6 is 0 Å². The largest absolute Gasteiger partial charge is 0.469 e. The van der Waals surface area contributed by atoms with Crippen molar-refractivity contribution in [3.05, 3.63) is 11.6 Å². The van der Waals surface area contributed by atoms with Gasteiger partial charge in [-0.1, -0.05) is 19.9 Å². The quantitative estimate of drug-likeness (QED) is 0.391. The third-order valence-corrected chi connectivity index (χ3v) is 2.99. The molecule has 1 saturated carbocycles. The highest BCUT2D eigenvalue weighted by molar-refractivity contribution is 5.79. The molecule has 1 aliphatic rings. The Bertz CT molecular complexity index is 289. The number of carbonyl (C=O) groups is 2. The van der Waals surface area contributed by atoms with Crippen LogP contribution in [0.3, 0.4) is 0 Å². The number of hydrogen-bond donors (Lipinski definition) is 0. The molecule has 14 heavy (non-hydrogen) atoms. The summed E-state index contributed by atoms with van der Waals surface area (Å²) in [6.07, 6.45) is 2.66. The van der Waals surface area contributed by atoms with E-state index in [9.17, 15) is 9.59 Å². The lowest BCUT2D eigenvalue weighted by Gasteiger charge is -1.99. The minimum atomic E-state index is -0.185. The highest BCUT2D eigenvalue weighted by Crippen LogP contribution is 2.59. The Hall–Kier alpha value is -1.12. The standard InChI is InChI=1S/C11H16O3/c1-7(6-12)5-8-9(10(13)14-4)11(8,2)3/h5-6,8-9H,1-4H3/b7-5+/t8-,9+/m0/s1. The summed E-state index contributed by atoms with van der Waals surface area (Å²) in [7, 11) is 1.39. The molecule has 0 amide bonds. The van der Waals surface area contributed by atoms with E-state index in [4.69, 9.17) is 4.74 Å². The molecule has 0 saturated heterocycles. The lowest BCUT2D eigenvalue weighted by Crippen LogP contribution is -2.07. The zero-order chi connectivity index (χ0) is 10.9. The van der Waals surface area contributed by atoms with Gasteiger partial charge in [0.15, 0.2) is 0 Å². The van der Waals surface area contributed by atoms with E-state index in [2.05, 4.69) is 0 Å². The van der Waals surface area contributed by atoms with Gasteiger partial charge >= 0.3 is 5.97 Å². The van der Waals surface area contributed by atoms with Gasteiger partial charge in [0.25, 0.3) is 0 Å². The van der Waals surface area contributed by atoms with Gasteiger partial charge in [0, 0.05) is 0 Å². The number of rotatable bonds is 3. The smallest absolute Gasteiger partial charge is 0.309 e. The zero-order valence-corrected chi connectivity index (χ0v) is 9.03. The summed E-state index contributed by atoms with van der Waals surface area (Å²) >= 11 is 0. The monoisotopic (exact) mass is 196 g/mol. The number of allylic oxidation sites excluding steroid dienone is 2. The SMILES string of the molecule is COC(=O)[C@H]1[C@H](/C=C(\C)C=O)C1(C)C. The average molecular weight is 196 g/mol. The molecule has 0 aliphatic heterocycles. The molecule has 1 fully saturated rings. The van der Waals surface area contributed by atoms with E-state index in [1.807, 2.05) is 19.9 Å². The first-order chi connectivity index (χ1) is 6.45. The Morgan fingerprint density at radius 2 is 2.00 bits per heavy atom. The van der Waals surface area contributed by atoms with Gasteiger partial charge in [-0.05, 0) is 23.8 Å². The van der Waals surface area contributed by atoms with Crippen molar-refractivity contribution < 1.29 is 14.3 Å². The second-order valence-electron chi connectivity index (χ2n) is 4.38. The second kappa shape index (κ2) is 3.56. The van der Waals surface area contributed by atoms with E-state index in [1.165, 1.54) is 7.11 Å². The normalized spacial score (nSPS) is 29.6. The minimum Gasteiger partial charge on any atom is -0.469 e.